The third-order valence-electron chi connectivity index (χ3n) is 2.76. The van der Waals surface area contributed by atoms with Gasteiger partial charge in [-0.1, -0.05) is 20.8 Å². The molecule has 0 aliphatic carbocycles. The Bertz CT molecular complexity index is 360. The first kappa shape index (κ1) is 15.1. The maximum atomic E-state index is 5.23. The van der Waals surface area contributed by atoms with Gasteiger partial charge < -0.3 is 10.1 Å². The minimum atomic E-state index is 0.314. The second kappa shape index (κ2) is 7.44. The number of methoxy groups -OCH3 is 1. The minimum absolute atomic E-state index is 0.314. The molecule has 0 saturated heterocycles. The van der Waals surface area contributed by atoms with Crippen LogP contribution in [0.15, 0.2) is 6.07 Å². The van der Waals surface area contributed by atoms with Crippen LogP contribution in [0.1, 0.15) is 43.9 Å². The van der Waals surface area contributed by atoms with E-state index >= 15 is 0 Å². The molecule has 1 aromatic heterocycles. The summed E-state index contributed by atoms with van der Waals surface area (Å²) in [4.78, 5) is 9.10. The Labute approximate surface area is 110 Å². The van der Waals surface area contributed by atoms with Crippen molar-refractivity contribution >= 4 is 0 Å². The summed E-state index contributed by atoms with van der Waals surface area (Å²) in [5.74, 6) is 1.29. The lowest BCUT2D eigenvalue weighted by atomic mass is 10.1. The molecular formula is C14H25N3O. The Hall–Kier alpha value is -1.00. The lowest BCUT2D eigenvalue weighted by Gasteiger charge is -2.17. The summed E-state index contributed by atoms with van der Waals surface area (Å²) in [5.41, 5.74) is 2.13. The van der Waals surface area contributed by atoms with Crippen molar-refractivity contribution in [1.29, 1.82) is 0 Å². The average molecular weight is 251 g/mol. The molecule has 1 atom stereocenters. The number of aryl methyl sites for hydroxylation is 1. The quantitative estimate of drug-likeness (QED) is 0.806. The van der Waals surface area contributed by atoms with E-state index in [2.05, 4.69) is 42.1 Å². The van der Waals surface area contributed by atoms with Crippen molar-refractivity contribution in [2.45, 2.75) is 46.1 Å². The van der Waals surface area contributed by atoms with Crippen LogP contribution in [0, 0.1) is 6.92 Å². The van der Waals surface area contributed by atoms with Crippen LogP contribution in [0.3, 0.4) is 0 Å². The Kier molecular flexibility index (Phi) is 6.22. The summed E-state index contributed by atoms with van der Waals surface area (Å²) in [6.45, 7) is 10.0. The molecule has 4 nitrogen and oxygen atoms in total. The molecule has 1 N–H and O–H groups in total. The van der Waals surface area contributed by atoms with E-state index in [4.69, 9.17) is 4.74 Å². The number of hydrogen-bond donors (Lipinski definition) is 1. The van der Waals surface area contributed by atoms with E-state index in [9.17, 15) is 0 Å². The van der Waals surface area contributed by atoms with Crippen molar-refractivity contribution in [3.05, 3.63) is 23.3 Å². The molecular weight excluding hydrogens is 226 g/mol. The lowest BCUT2D eigenvalue weighted by Crippen LogP contribution is -2.35. The summed E-state index contributed by atoms with van der Waals surface area (Å²) in [7, 11) is 1.73. The molecule has 0 aliphatic heterocycles. The molecule has 102 valence electrons. The van der Waals surface area contributed by atoms with Crippen LogP contribution < -0.4 is 5.32 Å². The monoisotopic (exact) mass is 251 g/mol. The number of nitrogens with zero attached hydrogens (tertiary/aromatic N) is 2. The molecule has 18 heavy (non-hydrogen) atoms. The zero-order valence-electron chi connectivity index (χ0n) is 12.2. The van der Waals surface area contributed by atoms with Crippen LogP contribution in [0.5, 0.6) is 0 Å². The van der Waals surface area contributed by atoms with Crippen molar-refractivity contribution in [3.8, 4) is 0 Å². The summed E-state index contributed by atoms with van der Waals surface area (Å²) in [6, 6.07) is 2.38. The second-order valence-electron chi connectivity index (χ2n) is 4.93. The Morgan fingerprint density at radius 3 is 2.61 bits per heavy atom. The van der Waals surface area contributed by atoms with Gasteiger partial charge in [0.25, 0.3) is 0 Å². The topological polar surface area (TPSA) is 47.0 Å². The van der Waals surface area contributed by atoms with Crippen LogP contribution in [0.4, 0.5) is 0 Å². The molecule has 0 amide bonds. The molecule has 1 aromatic rings. The predicted octanol–water partition coefficient (Wildman–Crippen LogP) is 2.08. The first-order valence-corrected chi connectivity index (χ1v) is 6.63. The van der Waals surface area contributed by atoms with Gasteiger partial charge in [0.1, 0.15) is 5.82 Å². The van der Waals surface area contributed by atoms with Crippen LogP contribution in [0.25, 0.3) is 0 Å². The standard InChI is InChI=1S/C14H25N3O/c1-6-15-13(9-18-5)8-12-7-11(4)16-14(17-12)10(2)3/h7,10,13,15H,6,8-9H2,1-5H3. The zero-order valence-corrected chi connectivity index (χ0v) is 12.2. The summed E-state index contributed by atoms with van der Waals surface area (Å²) >= 11 is 0. The fourth-order valence-electron chi connectivity index (χ4n) is 1.95. The molecule has 0 radical (unpaired) electrons. The van der Waals surface area contributed by atoms with Crippen molar-refractivity contribution in [2.24, 2.45) is 0 Å². The lowest BCUT2D eigenvalue weighted by molar-refractivity contribution is 0.166. The number of rotatable bonds is 7. The molecule has 1 rings (SSSR count). The van der Waals surface area contributed by atoms with Gasteiger partial charge in [0, 0.05) is 36.9 Å². The molecule has 1 unspecified atom stereocenters. The highest BCUT2D eigenvalue weighted by Crippen LogP contribution is 2.12. The third kappa shape index (κ3) is 4.70. The van der Waals surface area contributed by atoms with Crippen molar-refractivity contribution in [1.82, 2.24) is 15.3 Å². The summed E-state index contributed by atoms with van der Waals surface area (Å²) in [5, 5.41) is 3.41. The smallest absolute Gasteiger partial charge is 0.131 e. The van der Waals surface area contributed by atoms with E-state index in [-0.39, 0.29) is 0 Å². The van der Waals surface area contributed by atoms with Crippen molar-refractivity contribution < 1.29 is 4.74 Å². The van der Waals surface area contributed by atoms with Gasteiger partial charge in [-0.25, -0.2) is 9.97 Å². The van der Waals surface area contributed by atoms with Crippen molar-refractivity contribution in [2.75, 3.05) is 20.3 Å². The number of likely N-dealkylation sites (N-methyl/N-ethyl adjacent to an activating group) is 1. The molecule has 0 aliphatic rings. The zero-order chi connectivity index (χ0) is 13.5. The van der Waals surface area contributed by atoms with Crippen LogP contribution >= 0.6 is 0 Å². The predicted molar refractivity (Wildman–Crippen MR) is 73.9 cm³/mol. The van der Waals surface area contributed by atoms with Crippen LogP contribution in [-0.4, -0.2) is 36.3 Å². The molecule has 1 heterocycles. The van der Waals surface area contributed by atoms with Crippen LogP contribution in [0.2, 0.25) is 0 Å². The van der Waals surface area contributed by atoms with Gasteiger partial charge >= 0.3 is 0 Å². The normalized spacial score (nSPS) is 13.0. The van der Waals surface area contributed by atoms with Gasteiger partial charge in [0.2, 0.25) is 0 Å². The SMILES string of the molecule is CCNC(COC)Cc1cc(C)nc(C(C)C)n1. The largest absolute Gasteiger partial charge is 0.383 e. The second-order valence-corrected chi connectivity index (χ2v) is 4.93. The maximum absolute atomic E-state index is 5.23. The number of aromatic nitrogens is 2. The van der Waals surface area contributed by atoms with Crippen LogP contribution in [-0.2, 0) is 11.2 Å². The fourth-order valence-corrected chi connectivity index (χ4v) is 1.95. The van der Waals surface area contributed by atoms with E-state index in [1.807, 2.05) is 6.92 Å². The molecule has 4 heteroatoms. The molecule has 0 bridgehead atoms. The fraction of sp³-hybridized carbons (Fsp3) is 0.714. The molecule has 0 fully saturated rings. The molecule has 0 aromatic carbocycles. The van der Waals surface area contributed by atoms with E-state index in [1.54, 1.807) is 7.11 Å². The number of ether oxygens (including phenoxy) is 1. The number of hydrogen-bond acceptors (Lipinski definition) is 4. The van der Waals surface area contributed by atoms with Gasteiger partial charge in [-0.3, -0.25) is 0 Å². The average Bonchev–Trinajstić information content (AvgIpc) is 2.28. The highest BCUT2D eigenvalue weighted by Gasteiger charge is 2.12. The Balaban J connectivity index is 2.81. The van der Waals surface area contributed by atoms with E-state index < -0.39 is 0 Å². The van der Waals surface area contributed by atoms with Gasteiger partial charge in [0.05, 0.1) is 6.61 Å². The number of nitrogens with one attached hydrogen (secondary N) is 1. The van der Waals surface area contributed by atoms with E-state index in [1.165, 1.54) is 0 Å². The highest BCUT2D eigenvalue weighted by molar-refractivity contribution is 5.13. The summed E-state index contributed by atoms with van der Waals surface area (Å²) in [6.07, 6.45) is 0.880. The third-order valence-corrected chi connectivity index (χ3v) is 2.76. The van der Waals surface area contributed by atoms with Gasteiger partial charge in [-0.2, -0.15) is 0 Å². The first-order valence-electron chi connectivity index (χ1n) is 6.63. The van der Waals surface area contributed by atoms with Gasteiger partial charge in [-0.05, 0) is 19.5 Å². The Morgan fingerprint density at radius 1 is 1.33 bits per heavy atom. The maximum Gasteiger partial charge on any atom is 0.131 e. The summed E-state index contributed by atoms with van der Waals surface area (Å²) < 4.78 is 5.23. The Morgan fingerprint density at radius 2 is 2.06 bits per heavy atom. The van der Waals surface area contributed by atoms with Gasteiger partial charge in [0.15, 0.2) is 0 Å². The van der Waals surface area contributed by atoms with E-state index in [0.717, 1.165) is 30.2 Å². The first-order chi connectivity index (χ1) is 8.56. The highest BCUT2D eigenvalue weighted by atomic mass is 16.5. The molecule has 0 spiro atoms. The van der Waals surface area contributed by atoms with Crippen molar-refractivity contribution in [3.63, 3.8) is 0 Å². The van der Waals surface area contributed by atoms with Gasteiger partial charge in [-0.15, -0.1) is 0 Å². The molecule has 0 saturated carbocycles. The van der Waals surface area contributed by atoms with E-state index in [0.29, 0.717) is 18.6 Å². The minimum Gasteiger partial charge on any atom is -0.383 e.